The second-order valence-electron chi connectivity index (χ2n) is 11.3. The van der Waals surface area contributed by atoms with Gasteiger partial charge in [-0.05, 0) is 87.2 Å². The Morgan fingerprint density at radius 2 is 1.70 bits per heavy atom. The van der Waals surface area contributed by atoms with Crippen molar-refractivity contribution in [1.82, 2.24) is 9.88 Å². The van der Waals surface area contributed by atoms with Gasteiger partial charge in [0.2, 0.25) is 0 Å². The van der Waals surface area contributed by atoms with E-state index < -0.39 is 0 Å². The number of benzene rings is 2. The summed E-state index contributed by atoms with van der Waals surface area (Å²) in [6.07, 6.45) is 7.03. The first kappa shape index (κ1) is 29.8. The molecule has 3 aromatic rings. The molecule has 0 saturated heterocycles. The molecular formula is C33H42N3O3P. The molecule has 3 N–H and O–H groups in total. The van der Waals surface area contributed by atoms with Crippen molar-refractivity contribution in [2.75, 3.05) is 12.3 Å². The van der Waals surface area contributed by atoms with Crippen LogP contribution in [0.25, 0.3) is 5.69 Å². The molecule has 1 aliphatic rings. The molecule has 1 fully saturated rings. The predicted octanol–water partition coefficient (Wildman–Crippen LogP) is 5.86. The molecule has 7 heteroatoms. The number of rotatable bonds is 11. The van der Waals surface area contributed by atoms with Crippen LogP contribution in [-0.4, -0.2) is 34.5 Å². The molecule has 1 heterocycles. The number of hydrogen-bond acceptors (Lipinski definition) is 5. The summed E-state index contributed by atoms with van der Waals surface area (Å²) >= 11 is 0. The first-order chi connectivity index (χ1) is 19.2. The normalized spacial score (nSPS) is 14.7. The van der Waals surface area contributed by atoms with Gasteiger partial charge >= 0.3 is 5.97 Å². The van der Waals surface area contributed by atoms with Crippen LogP contribution >= 0.6 is 8.86 Å². The second kappa shape index (κ2) is 13.9. The minimum absolute atomic E-state index is 0.0644. The smallest absolute Gasteiger partial charge is 0.323 e. The number of carbonyl (C=O) groups excluding carboxylic acids is 1. The van der Waals surface area contributed by atoms with Crippen molar-refractivity contribution >= 4 is 25.9 Å². The molecular weight excluding hydrogens is 517 g/mol. The van der Waals surface area contributed by atoms with Gasteiger partial charge in [0.05, 0.1) is 5.69 Å². The van der Waals surface area contributed by atoms with Crippen LogP contribution in [0.4, 0.5) is 5.82 Å². The number of nitrogens with one attached hydrogen (secondary N) is 1. The number of aryl methyl sites for hydroxylation is 1. The molecule has 0 amide bonds. The van der Waals surface area contributed by atoms with E-state index in [-0.39, 0.29) is 23.7 Å². The van der Waals surface area contributed by atoms with E-state index in [1.165, 1.54) is 16.6 Å². The summed E-state index contributed by atoms with van der Waals surface area (Å²) in [5.74, 6) is 0.637. The Morgan fingerprint density at radius 1 is 1.02 bits per heavy atom. The van der Waals surface area contributed by atoms with Crippen molar-refractivity contribution < 1.29 is 9.53 Å². The lowest BCUT2D eigenvalue weighted by Gasteiger charge is -2.26. The summed E-state index contributed by atoms with van der Waals surface area (Å²) in [4.78, 5) is 25.7. The van der Waals surface area contributed by atoms with E-state index in [1.807, 2.05) is 55.5 Å². The summed E-state index contributed by atoms with van der Waals surface area (Å²) < 4.78 is 7.39. The zero-order valence-corrected chi connectivity index (χ0v) is 24.9. The van der Waals surface area contributed by atoms with E-state index in [0.717, 1.165) is 60.5 Å². The first-order valence-electron chi connectivity index (χ1n) is 14.4. The van der Waals surface area contributed by atoms with E-state index in [2.05, 4.69) is 28.0 Å². The number of nitrogens with two attached hydrogens (primary N) is 1. The Balaban J connectivity index is 1.41. The largest absolute Gasteiger partial charge is 0.461 e. The van der Waals surface area contributed by atoms with E-state index in [9.17, 15) is 9.59 Å². The topological polar surface area (TPSA) is 86.3 Å². The van der Waals surface area contributed by atoms with E-state index in [1.54, 1.807) is 12.1 Å². The monoisotopic (exact) mass is 559 g/mol. The Kier molecular flexibility index (Phi) is 10.4. The number of anilines is 1. The lowest BCUT2D eigenvalue weighted by atomic mass is 9.97. The number of esters is 1. The highest BCUT2D eigenvalue weighted by Gasteiger charge is 2.25. The van der Waals surface area contributed by atoms with Crippen LogP contribution in [0.2, 0.25) is 0 Å². The van der Waals surface area contributed by atoms with Crippen LogP contribution in [0, 0.1) is 12.8 Å². The fourth-order valence-corrected chi connectivity index (χ4v) is 5.65. The number of pyridine rings is 1. The maximum atomic E-state index is 12.9. The fraction of sp³-hybridized carbons (Fsp3) is 0.424. The first-order valence-corrected chi connectivity index (χ1v) is 14.9. The van der Waals surface area contributed by atoms with Gasteiger partial charge in [-0.25, -0.2) is 0 Å². The number of nitrogen functional groups attached to an aromatic ring is 1. The molecule has 0 aliphatic heterocycles. The molecule has 1 atom stereocenters. The van der Waals surface area contributed by atoms with Crippen molar-refractivity contribution in [3.8, 4) is 5.69 Å². The zero-order valence-electron chi connectivity index (χ0n) is 23.9. The minimum Gasteiger partial charge on any atom is -0.461 e. The molecule has 6 nitrogen and oxygen atoms in total. The summed E-state index contributed by atoms with van der Waals surface area (Å²) in [6, 6.07) is 19.0. The number of nitrogens with zero attached hydrogens (tertiary/aromatic N) is 1. The Hall–Kier alpha value is -3.21. The molecule has 0 unspecified atom stereocenters. The van der Waals surface area contributed by atoms with Crippen LogP contribution in [0.15, 0.2) is 65.5 Å². The Labute approximate surface area is 240 Å². The van der Waals surface area contributed by atoms with Crippen LogP contribution in [-0.2, 0) is 16.0 Å². The molecule has 40 heavy (non-hydrogen) atoms. The summed E-state index contributed by atoms with van der Waals surface area (Å²) in [5.41, 5.74) is 11.1. The van der Waals surface area contributed by atoms with Crippen molar-refractivity contribution in [2.24, 2.45) is 5.92 Å². The highest BCUT2D eigenvalue weighted by Crippen LogP contribution is 2.22. The molecule has 1 aromatic heterocycles. The van der Waals surface area contributed by atoms with Crippen molar-refractivity contribution in [2.45, 2.75) is 77.9 Å². The van der Waals surface area contributed by atoms with Gasteiger partial charge in [-0.2, -0.15) is 0 Å². The Bertz CT molecular complexity index is 1360. The average Bonchev–Trinajstić information content (AvgIpc) is 2.94. The van der Waals surface area contributed by atoms with Gasteiger partial charge < -0.3 is 15.8 Å². The van der Waals surface area contributed by atoms with Gasteiger partial charge in [-0.3, -0.25) is 14.2 Å². The molecule has 1 aliphatic carbocycles. The third kappa shape index (κ3) is 7.71. The SMILES string of the molecule is Cc1ccc(C(=P)c2ccc(=O)n(-c3ccc(CCN[C@@H](CC(C)C)C(=O)OC4CCCCC4)cc3)c2N)cc1. The molecule has 212 valence electrons. The van der Waals surface area contributed by atoms with Crippen LogP contribution in [0.1, 0.15) is 74.6 Å². The van der Waals surface area contributed by atoms with E-state index in [4.69, 9.17) is 10.5 Å². The fourth-order valence-electron chi connectivity index (χ4n) is 5.27. The lowest BCUT2D eigenvalue weighted by molar-refractivity contribution is -0.153. The molecule has 1 saturated carbocycles. The summed E-state index contributed by atoms with van der Waals surface area (Å²) in [6.45, 7) is 6.95. The van der Waals surface area contributed by atoms with Crippen LogP contribution < -0.4 is 16.6 Å². The molecule has 0 spiro atoms. The van der Waals surface area contributed by atoms with Gasteiger partial charge in [-0.15, -0.1) is 8.86 Å². The number of hydrogen-bond donors (Lipinski definition) is 2. The van der Waals surface area contributed by atoms with Gasteiger partial charge in [0.1, 0.15) is 18.0 Å². The minimum atomic E-state index is -0.301. The third-order valence-corrected chi connectivity index (χ3v) is 8.12. The van der Waals surface area contributed by atoms with Gasteiger partial charge in [-0.1, -0.05) is 62.2 Å². The zero-order chi connectivity index (χ0) is 28.6. The maximum absolute atomic E-state index is 12.9. The Morgan fingerprint density at radius 3 is 2.35 bits per heavy atom. The predicted molar refractivity (Wildman–Crippen MR) is 167 cm³/mol. The number of aromatic nitrogens is 1. The summed E-state index contributed by atoms with van der Waals surface area (Å²) in [7, 11) is 3.75. The second-order valence-corrected chi connectivity index (χ2v) is 11.8. The van der Waals surface area contributed by atoms with Crippen molar-refractivity contribution in [3.63, 3.8) is 0 Å². The van der Waals surface area contributed by atoms with Gasteiger partial charge in [0, 0.05) is 16.9 Å². The molecule has 0 bridgehead atoms. The number of ether oxygens (including phenoxy) is 1. The molecule has 4 rings (SSSR count). The van der Waals surface area contributed by atoms with Gasteiger partial charge in [0.15, 0.2) is 0 Å². The quantitative estimate of drug-likeness (QED) is 0.227. The average molecular weight is 560 g/mol. The highest BCUT2D eigenvalue weighted by atomic mass is 31.0. The maximum Gasteiger partial charge on any atom is 0.323 e. The summed E-state index contributed by atoms with van der Waals surface area (Å²) in [5, 5.41) is 4.26. The van der Waals surface area contributed by atoms with Crippen molar-refractivity contribution in [1.29, 1.82) is 0 Å². The van der Waals surface area contributed by atoms with Gasteiger partial charge in [0.25, 0.3) is 5.56 Å². The van der Waals surface area contributed by atoms with Crippen LogP contribution in [0.5, 0.6) is 0 Å². The number of carbonyl (C=O) groups is 1. The third-order valence-electron chi connectivity index (χ3n) is 7.56. The van der Waals surface area contributed by atoms with Crippen LogP contribution in [0.3, 0.4) is 0 Å². The van der Waals surface area contributed by atoms with E-state index in [0.29, 0.717) is 24.0 Å². The molecule has 0 radical (unpaired) electrons. The standard InChI is InChI=1S/C33H42N3O3P/c1-22(2)21-29(33(38)39-27-7-5-4-6-8-27)35-20-19-24-11-15-26(16-12-24)36-30(37)18-17-28(32(36)34)31(40)25-13-9-23(3)10-14-25/h9-18,22,27,29,35,40H,4-8,19-21,34H2,1-3H3/t29-/m0/s1. The van der Waals surface area contributed by atoms with E-state index >= 15 is 0 Å². The molecule has 2 aromatic carbocycles. The van der Waals surface area contributed by atoms with Crippen molar-refractivity contribution in [3.05, 3.63) is 93.3 Å². The lowest BCUT2D eigenvalue weighted by Crippen LogP contribution is -2.41. The highest BCUT2D eigenvalue weighted by molar-refractivity contribution is 7.23.